The zero-order valence-corrected chi connectivity index (χ0v) is 14.1. The number of amides is 1. The van der Waals surface area contributed by atoms with Gasteiger partial charge in [0.25, 0.3) is 0 Å². The van der Waals surface area contributed by atoms with Gasteiger partial charge in [-0.2, -0.15) is 0 Å². The van der Waals surface area contributed by atoms with E-state index in [-0.39, 0.29) is 5.91 Å². The van der Waals surface area contributed by atoms with Crippen LogP contribution >= 0.6 is 11.8 Å². The lowest BCUT2D eigenvalue weighted by atomic mass is 10.3. The molecule has 1 N–H and O–H groups in total. The van der Waals surface area contributed by atoms with Crippen molar-refractivity contribution in [1.29, 1.82) is 0 Å². The number of carbonyl (C=O) groups is 1. The Labute approximate surface area is 136 Å². The van der Waals surface area contributed by atoms with Gasteiger partial charge < -0.3 is 10.2 Å². The smallest absolute Gasteiger partial charge is 0.221 e. The maximum atomic E-state index is 11.0. The average Bonchev–Trinajstić information content (AvgIpc) is 2.50. The van der Waals surface area contributed by atoms with E-state index in [1.165, 1.54) is 17.5 Å². The van der Waals surface area contributed by atoms with Gasteiger partial charge in [0.15, 0.2) is 0 Å². The lowest BCUT2D eigenvalue weighted by Crippen LogP contribution is -2.21. The highest BCUT2D eigenvalue weighted by Crippen LogP contribution is 2.31. The fourth-order valence-corrected chi connectivity index (χ4v) is 3.15. The summed E-state index contributed by atoms with van der Waals surface area (Å²) in [4.78, 5) is 15.7. The molecule has 3 nitrogen and oxygen atoms in total. The van der Waals surface area contributed by atoms with E-state index in [2.05, 4.69) is 48.3 Å². The van der Waals surface area contributed by atoms with Crippen molar-refractivity contribution in [2.75, 3.05) is 23.3 Å². The summed E-state index contributed by atoms with van der Waals surface area (Å²) >= 11 is 1.73. The Bertz CT molecular complexity index is 621. The van der Waals surface area contributed by atoms with Gasteiger partial charge in [-0.1, -0.05) is 17.8 Å². The van der Waals surface area contributed by atoms with Crippen molar-refractivity contribution in [2.24, 2.45) is 0 Å². The molecule has 2 rings (SSSR count). The molecule has 0 aliphatic carbocycles. The second-order valence-electron chi connectivity index (χ2n) is 4.98. The molecule has 116 valence electrons. The highest BCUT2D eigenvalue weighted by atomic mass is 32.2. The zero-order valence-electron chi connectivity index (χ0n) is 13.3. The molecule has 2 aromatic rings. The molecule has 0 aliphatic rings. The summed E-state index contributed by atoms with van der Waals surface area (Å²) in [5, 5.41) is 2.78. The fraction of sp³-hybridized carbons (Fsp3) is 0.278. The number of hydrogen-bond donors (Lipinski definition) is 1. The molecule has 0 aliphatic heterocycles. The third-order valence-corrected chi connectivity index (χ3v) is 4.35. The standard InChI is InChI=1S/C18H22N2OS/c1-4-20(5-2)16-7-6-8-18(13-16)22-17-11-9-15(10-12-17)19-14(3)21/h6-13H,4-5H2,1-3H3,(H,19,21). The van der Waals surface area contributed by atoms with Gasteiger partial charge in [0.05, 0.1) is 0 Å². The van der Waals surface area contributed by atoms with Crippen molar-refractivity contribution in [3.63, 3.8) is 0 Å². The summed E-state index contributed by atoms with van der Waals surface area (Å²) < 4.78 is 0. The summed E-state index contributed by atoms with van der Waals surface area (Å²) in [6.07, 6.45) is 0. The molecule has 22 heavy (non-hydrogen) atoms. The van der Waals surface area contributed by atoms with Crippen LogP contribution in [0.3, 0.4) is 0 Å². The van der Waals surface area contributed by atoms with Crippen molar-refractivity contribution in [3.05, 3.63) is 48.5 Å². The lowest BCUT2D eigenvalue weighted by molar-refractivity contribution is -0.114. The van der Waals surface area contributed by atoms with E-state index in [1.54, 1.807) is 11.8 Å². The molecule has 0 aromatic heterocycles. The van der Waals surface area contributed by atoms with Crippen LogP contribution in [0.4, 0.5) is 11.4 Å². The summed E-state index contributed by atoms with van der Waals surface area (Å²) in [6.45, 7) is 7.88. The van der Waals surface area contributed by atoms with E-state index < -0.39 is 0 Å². The first-order valence-corrected chi connectivity index (χ1v) is 8.34. The van der Waals surface area contributed by atoms with Gasteiger partial charge in [-0.25, -0.2) is 0 Å². The highest BCUT2D eigenvalue weighted by molar-refractivity contribution is 7.99. The molecule has 0 fully saturated rings. The molecule has 0 bridgehead atoms. The van der Waals surface area contributed by atoms with E-state index in [0.29, 0.717) is 0 Å². The lowest BCUT2D eigenvalue weighted by Gasteiger charge is -2.21. The van der Waals surface area contributed by atoms with E-state index >= 15 is 0 Å². The number of nitrogens with one attached hydrogen (secondary N) is 1. The summed E-state index contributed by atoms with van der Waals surface area (Å²) in [5.74, 6) is -0.0488. The molecule has 1 amide bonds. The fourth-order valence-electron chi connectivity index (χ4n) is 2.28. The Hall–Kier alpha value is -1.94. The van der Waals surface area contributed by atoms with Crippen LogP contribution in [0.5, 0.6) is 0 Å². The predicted octanol–water partition coefficient (Wildman–Crippen LogP) is 4.64. The maximum absolute atomic E-state index is 11.0. The number of nitrogens with zero attached hydrogens (tertiary/aromatic N) is 1. The Kier molecular flexibility index (Phi) is 5.90. The number of carbonyl (C=O) groups excluding carboxylic acids is 1. The van der Waals surface area contributed by atoms with Crippen molar-refractivity contribution in [3.8, 4) is 0 Å². The number of rotatable bonds is 6. The molecule has 0 radical (unpaired) electrons. The van der Waals surface area contributed by atoms with E-state index in [1.807, 2.05) is 24.3 Å². The first-order valence-electron chi connectivity index (χ1n) is 7.53. The van der Waals surface area contributed by atoms with Gasteiger partial charge >= 0.3 is 0 Å². The van der Waals surface area contributed by atoms with Crippen LogP contribution in [-0.2, 0) is 4.79 Å². The second kappa shape index (κ2) is 7.90. The van der Waals surface area contributed by atoms with Crippen molar-refractivity contribution >= 4 is 29.0 Å². The van der Waals surface area contributed by atoms with Crippen LogP contribution in [0.1, 0.15) is 20.8 Å². The normalized spacial score (nSPS) is 10.3. The van der Waals surface area contributed by atoms with Crippen molar-refractivity contribution in [1.82, 2.24) is 0 Å². The highest BCUT2D eigenvalue weighted by Gasteiger charge is 2.04. The van der Waals surface area contributed by atoms with Crippen LogP contribution in [-0.4, -0.2) is 19.0 Å². The Morgan fingerprint density at radius 2 is 1.73 bits per heavy atom. The van der Waals surface area contributed by atoms with Crippen LogP contribution in [0.2, 0.25) is 0 Å². The SMILES string of the molecule is CCN(CC)c1cccc(Sc2ccc(NC(C)=O)cc2)c1. The van der Waals surface area contributed by atoms with Crippen molar-refractivity contribution in [2.45, 2.75) is 30.6 Å². The third kappa shape index (κ3) is 4.53. The van der Waals surface area contributed by atoms with Gasteiger partial charge in [0.1, 0.15) is 0 Å². The molecule has 4 heteroatoms. The maximum Gasteiger partial charge on any atom is 0.221 e. The van der Waals surface area contributed by atoms with Gasteiger partial charge in [-0.3, -0.25) is 4.79 Å². The Morgan fingerprint density at radius 3 is 2.32 bits per heavy atom. The summed E-state index contributed by atoms with van der Waals surface area (Å²) in [6, 6.07) is 16.5. The quantitative estimate of drug-likeness (QED) is 0.843. The minimum atomic E-state index is -0.0488. The minimum absolute atomic E-state index is 0.0488. The van der Waals surface area contributed by atoms with Crippen LogP contribution in [0, 0.1) is 0 Å². The average molecular weight is 314 g/mol. The van der Waals surface area contributed by atoms with Gasteiger partial charge in [-0.15, -0.1) is 0 Å². The first kappa shape index (κ1) is 16.4. The summed E-state index contributed by atoms with van der Waals surface area (Å²) in [5.41, 5.74) is 2.08. The number of hydrogen-bond acceptors (Lipinski definition) is 3. The molecular weight excluding hydrogens is 292 g/mol. The van der Waals surface area contributed by atoms with Gasteiger partial charge in [0.2, 0.25) is 5.91 Å². The topological polar surface area (TPSA) is 32.3 Å². The molecule has 2 aromatic carbocycles. The molecular formula is C18H22N2OS. The van der Waals surface area contributed by atoms with E-state index in [4.69, 9.17) is 0 Å². The third-order valence-electron chi connectivity index (χ3n) is 3.36. The van der Waals surface area contributed by atoms with Crippen LogP contribution < -0.4 is 10.2 Å². The molecule has 0 saturated heterocycles. The first-order chi connectivity index (χ1) is 10.6. The molecule has 0 atom stereocenters. The second-order valence-corrected chi connectivity index (χ2v) is 6.12. The van der Waals surface area contributed by atoms with Crippen LogP contribution in [0.25, 0.3) is 0 Å². The van der Waals surface area contributed by atoms with Crippen LogP contribution in [0.15, 0.2) is 58.3 Å². The molecule has 0 heterocycles. The van der Waals surface area contributed by atoms with Gasteiger partial charge in [-0.05, 0) is 56.3 Å². The molecule has 0 unspecified atom stereocenters. The largest absolute Gasteiger partial charge is 0.372 e. The number of benzene rings is 2. The summed E-state index contributed by atoms with van der Waals surface area (Å²) in [7, 11) is 0. The van der Waals surface area contributed by atoms with E-state index in [0.717, 1.165) is 23.7 Å². The Morgan fingerprint density at radius 1 is 1.05 bits per heavy atom. The monoisotopic (exact) mass is 314 g/mol. The van der Waals surface area contributed by atoms with Crippen molar-refractivity contribution < 1.29 is 4.79 Å². The van der Waals surface area contributed by atoms with E-state index in [9.17, 15) is 4.79 Å². The molecule has 0 saturated carbocycles. The number of anilines is 2. The minimum Gasteiger partial charge on any atom is -0.372 e. The predicted molar refractivity (Wildman–Crippen MR) is 94.9 cm³/mol. The zero-order chi connectivity index (χ0) is 15.9. The Balaban J connectivity index is 2.10. The van der Waals surface area contributed by atoms with Gasteiger partial charge in [0, 0.05) is 41.2 Å². The molecule has 0 spiro atoms.